The van der Waals surface area contributed by atoms with Crippen molar-refractivity contribution in [3.05, 3.63) is 86.7 Å². The zero-order chi connectivity index (χ0) is 19.8. The molecule has 0 atom stereocenters. The standard InChI is InChI=1S/C21H13BrN4OS2/c22-13-7-8-18-23-14(10-19(27)26(18)11-13)12-29-21-15-4-1-2-5-16(15)24-20(25-21)17-6-3-9-28-17/h1-11H,12H2. The molecule has 5 nitrogen and oxygen atoms in total. The molecule has 0 N–H and O–H groups in total. The fraction of sp³-hybridized carbons (Fsp3) is 0.0476. The number of thioether (sulfide) groups is 1. The fourth-order valence-electron chi connectivity index (χ4n) is 3.02. The molecule has 0 spiro atoms. The molecule has 0 bridgehead atoms. The maximum absolute atomic E-state index is 12.5. The van der Waals surface area contributed by atoms with Gasteiger partial charge in [-0.25, -0.2) is 15.0 Å². The number of rotatable bonds is 4. The SMILES string of the molecule is O=c1cc(CSc2nc(-c3cccs3)nc3ccccc23)nc2ccc(Br)cn12. The van der Waals surface area contributed by atoms with E-state index in [9.17, 15) is 4.79 Å². The first kappa shape index (κ1) is 18.5. The molecule has 0 radical (unpaired) electrons. The second kappa shape index (κ2) is 7.70. The van der Waals surface area contributed by atoms with Crippen LogP contribution in [0, 0.1) is 0 Å². The molecule has 4 heterocycles. The van der Waals surface area contributed by atoms with Crippen LogP contribution < -0.4 is 5.56 Å². The Labute approximate surface area is 182 Å². The Kier molecular flexibility index (Phi) is 4.91. The monoisotopic (exact) mass is 480 g/mol. The quantitative estimate of drug-likeness (QED) is 0.253. The minimum absolute atomic E-state index is 0.0984. The molecule has 5 aromatic rings. The number of para-hydroxylation sites is 1. The number of nitrogens with zero attached hydrogens (tertiary/aromatic N) is 4. The highest BCUT2D eigenvalue weighted by Gasteiger charge is 2.12. The smallest absolute Gasteiger partial charge is 0.258 e. The summed E-state index contributed by atoms with van der Waals surface area (Å²) >= 11 is 6.57. The Morgan fingerprint density at radius 1 is 1.03 bits per heavy atom. The third-order valence-corrected chi connectivity index (χ3v) is 6.70. The van der Waals surface area contributed by atoms with Crippen molar-refractivity contribution in [2.75, 3.05) is 0 Å². The molecule has 0 saturated carbocycles. The van der Waals surface area contributed by atoms with E-state index in [1.165, 1.54) is 4.40 Å². The van der Waals surface area contributed by atoms with Crippen LogP contribution in [0.4, 0.5) is 0 Å². The molecule has 4 aromatic heterocycles. The number of pyridine rings is 1. The van der Waals surface area contributed by atoms with Crippen molar-refractivity contribution in [1.29, 1.82) is 0 Å². The van der Waals surface area contributed by atoms with Crippen molar-refractivity contribution in [1.82, 2.24) is 19.4 Å². The van der Waals surface area contributed by atoms with Gasteiger partial charge < -0.3 is 0 Å². The minimum atomic E-state index is -0.0984. The van der Waals surface area contributed by atoms with Crippen LogP contribution in [-0.4, -0.2) is 19.4 Å². The van der Waals surface area contributed by atoms with Crippen molar-refractivity contribution in [2.24, 2.45) is 0 Å². The molecule has 0 amide bonds. The topological polar surface area (TPSA) is 60.2 Å². The fourth-order valence-corrected chi connectivity index (χ4v) is 4.92. The second-order valence-corrected chi connectivity index (χ2v) is 9.12. The number of aromatic nitrogens is 4. The van der Waals surface area contributed by atoms with Crippen LogP contribution in [0.15, 0.2) is 80.5 Å². The Bertz CT molecular complexity index is 1400. The van der Waals surface area contributed by atoms with Gasteiger partial charge in [-0.1, -0.05) is 36.0 Å². The third kappa shape index (κ3) is 3.71. The molecule has 0 unspecified atom stereocenters. The van der Waals surface area contributed by atoms with Crippen molar-refractivity contribution in [3.63, 3.8) is 0 Å². The summed E-state index contributed by atoms with van der Waals surface area (Å²) in [4.78, 5) is 27.6. The summed E-state index contributed by atoms with van der Waals surface area (Å²) in [6.45, 7) is 0. The zero-order valence-corrected chi connectivity index (χ0v) is 18.2. The molecule has 5 rings (SSSR count). The molecular weight excluding hydrogens is 468 g/mol. The zero-order valence-electron chi connectivity index (χ0n) is 14.9. The summed E-state index contributed by atoms with van der Waals surface area (Å²) in [5, 5.41) is 3.90. The predicted molar refractivity (Wildman–Crippen MR) is 122 cm³/mol. The molecule has 0 saturated heterocycles. The normalized spacial score (nSPS) is 11.3. The van der Waals surface area contributed by atoms with Crippen LogP contribution in [0.1, 0.15) is 5.69 Å². The highest BCUT2D eigenvalue weighted by Crippen LogP contribution is 2.31. The van der Waals surface area contributed by atoms with Crippen LogP contribution in [0.5, 0.6) is 0 Å². The maximum atomic E-state index is 12.5. The van der Waals surface area contributed by atoms with Crippen LogP contribution in [0.25, 0.3) is 27.3 Å². The van der Waals surface area contributed by atoms with Gasteiger partial charge in [0.05, 0.1) is 16.1 Å². The van der Waals surface area contributed by atoms with Gasteiger partial charge in [-0.05, 0) is 45.6 Å². The molecule has 142 valence electrons. The van der Waals surface area contributed by atoms with Crippen LogP contribution in [0.3, 0.4) is 0 Å². The summed E-state index contributed by atoms with van der Waals surface area (Å²) in [6.07, 6.45) is 1.73. The van der Waals surface area contributed by atoms with Gasteiger partial charge in [0.2, 0.25) is 0 Å². The molecular formula is C21H13BrN4OS2. The highest BCUT2D eigenvalue weighted by molar-refractivity contribution is 9.10. The number of fused-ring (bicyclic) bond motifs is 2. The molecule has 0 aliphatic carbocycles. The molecule has 1 aromatic carbocycles. The van der Waals surface area contributed by atoms with Crippen molar-refractivity contribution < 1.29 is 0 Å². The van der Waals surface area contributed by atoms with E-state index in [0.717, 1.165) is 36.8 Å². The summed E-state index contributed by atoms with van der Waals surface area (Å²) in [7, 11) is 0. The first-order valence-electron chi connectivity index (χ1n) is 8.79. The van der Waals surface area contributed by atoms with Gasteiger partial charge in [-0.2, -0.15) is 0 Å². The maximum Gasteiger partial charge on any atom is 0.258 e. The van der Waals surface area contributed by atoms with Crippen molar-refractivity contribution in [2.45, 2.75) is 10.8 Å². The lowest BCUT2D eigenvalue weighted by Crippen LogP contribution is -2.15. The average Bonchev–Trinajstić information content (AvgIpc) is 3.27. The minimum Gasteiger partial charge on any atom is -0.269 e. The lowest BCUT2D eigenvalue weighted by Gasteiger charge is -2.08. The van der Waals surface area contributed by atoms with E-state index in [0.29, 0.717) is 11.4 Å². The Balaban J connectivity index is 1.53. The molecule has 29 heavy (non-hydrogen) atoms. The van der Waals surface area contributed by atoms with Gasteiger partial charge in [-0.3, -0.25) is 9.20 Å². The first-order valence-corrected chi connectivity index (χ1v) is 11.4. The molecule has 8 heteroatoms. The average molecular weight is 481 g/mol. The van der Waals surface area contributed by atoms with Gasteiger partial charge in [0.15, 0.2) is 5.82 Å². The van der Waals surface area contributed by atoms with E-state index in [4.69, 9.17) is 9.97 Å². The first-order chi connectivity index (χ1) is 14.2. The predicted octanol–water partition coefficient (Wildman–Crippen LogP) is 5.42. The van der Waals surface area contributed by atoms with E-state index in [2.05, 4.69) is 20.9 Å². The van der Waals surface area contributed by atoms with Gasteiger partial charge in [0, 0.05) is 27.9 Å². The Morgan fingerprint density at radius 2 is 1.93 bits per heavy atom. The van der Waals surface area contributed by atoms with E-state index >= 15 is 0 Å². The number of thiophene rings is 1. The van der Waals surface area contributed by atoms with Crippen LogP contribution in [-0.2, 0) is 5.75 Å². The van der Waals surface area contributed by atoms with Crippen molar-refractivity contribution >= 4 is 55.6 Å². The van der Waals surface area contributed by atoms with E-state index in [1.54, 1.807) is 35.4 Å². The summed E-state index contributed by atoms with van der Waals surface area (Å²) in [6, 6.07) is 17.3. The number of halogens is 1. The molecule has 0 fully saturated rings. The van der Waals surface area contributed by atoms with Gasteiger partial charge in [-0.15, -0.1) is 11.3 Å². The van der Waals surface area contributed by atoms with Crippen LogP contribution >= 0.6 is 39.0 Å². The summed E-state index contributed by atoms with van der Waals surface area (Å²) in [5.74, 6) is 1.27. The number of hydrogen-bond donors (Lipinski definition) is 0. The Hall–Kier alpha value is -2.55. The van der Waals surface area contributed by atoms with E-state index < -0.39 is 0 Å². The second-order valence-electron chi connectivity index (χ2n) is 6.30. The van der Waals surface area contributed by atoms with E-state index in [-0.39, 0.29) is 5.56 Å². The Morgan fingerprint density at radius 3 is 2.79 bits per heavy atom. The van der Waals surface area contributed by atoms with Crippen molar-refractivity contribution in [3.8, 4) is 10.7 Å². The van der Waals surface area contributed by atoms with Crippen LogP contribution in [0.2, 0.25) is 0 Å². The summed E-state index contributed by atoms with van der Waals surface area (Å²) in [5.41, 5.74) is 2.16. The lowest BCUT2D eigenvalue weighted by atomic mass is 10.2. The molecule has 0 aliphatic heterocycles. The largest absolute Gasteiger partial charge is 0.269 e. The van der Waals surface area contributed by atoms with Gasteiger partial charge >= 0.3 is 0 Å². The molecule has 0 aliphatic rings. The van der Waals surface area contributed by atoms with E-state index in [1.807, 2.05) is 53.9 Å². The lowest BCUT2D eigenvalue weighted by molar-refractivity contribution is 1.01. The summed E-state index contributed by atoms with van der Waals surface area (Å²) < 4.78 is 2.37. The van der Waals surface area contributed by atoms with Gasteiger partial charge in [0.25, 0.3) is 5.56 Å². The number of benzene rings is 1. The highest BCUT2D eigenvalue weighted by atomic mass is 79.9. The van der Waals surface area contributed by atoms with Gasteiger partial charge in [0.1, 0.15) is 10.7 Å². The third-order valence-electron chi connectivity index (χ3n) is 4.34. The number of hydrogen-bond acceptors (Lipinski definition) is 6.